The van der Waals surface area contributed by atoms with E-state index in [9.17, 15) is 14.3 Å². The molecule has 0 aliphatic carbocycles. The van der Waals surface area contributed by atoms with Crippen LogP contribution in [0.3, 0.4) is 0 Å². The van der Waals surface area contributed by atoms with E-state index in [1.807, 2.05) is 6.92 Å². The number of aromatic amines is 1. The molecule has 1 aromatic carbocycles. The van der Waals surface area contributed by atoms with Crippen molar-refractivity contribution < 1.29 is 14.3 Å². The van der Waals surface area contributed by atoms with Gasteiger partial charge in [0.1, 0.15) is 11.4 Å². The second-order valence-corrected chi connectivity index (χ2v) is 7.29. The van der Waals surface area contributed by atoms with E-state index in [2.05, 4.69) is 32.4 Å². The van der Waals surface area contributed by atoms with Gasteiger partial charge < -0.3 is 15.7 Å². The summed E-state index contributed by atoms with van der Waals surface area (Å²) in [6, 6.07) is 5.87. The highest BCUT2D eigenvalue weighted by atomic mass is 35.5. The van der Waals surface area contributed by atoms with E-state index >= 15 is 0 Å². The molecular formula is C21H21ClFN5O2. The molecule has 0 saturated heterocycles. The van der Waals surface area contributed by atoms with Crippen LogP contribution in [0.15, 0.2) is 43.2 Å². The van der Waals surface area contributed by atoms with Gasteiger partial charge in [-0.2, -0.15) is 5.10 Å². The van der Waals surface area contributed by atoms with Gasteiger partial charge in [0.05, 0.1) is 17.5 Å². The number of aliphatic hydroxyl groups is 1. The topological polar surface area (TPSA) is 103 Å². The van der Waals surface area contributed by atoms with Crippen molar-refractivity contribution in [1.29, 1.82) is 0 Å². The van der Waals surface area contributed by atoms with Crippen LogP contribution in [0.4, 0.5) is 15.9 Å². The summed E-state index contributed by atoms with van der Waals surface area (Å²) in [5, 5.41) is 22.2. The van der Waals surface area contributed by atoms with Crippen molar-refractivity contribution in [3.8, 4) is 11.3 Å². The van der Waals surface area contributed by atoms with Gasteiger partial charge in [-0.15, -0.1) is 0 Å². The average molecular weight is 430 g/mol. The molecule has 156 valence electrons. The van der Waals surface area contributed by atoms with Gasteiger partial charge in [0, 0.05) is 35.1 Å². The molecule has 4 N–H and O–H groups in total. The van der Waals surface area contributed by atoms with Crippen LogP contribution in [0.2, 0.25) is 5.02 Å². The van der Waals surface area contributed by atoms with E-state index in [4.69, 9.17) is 11.6 Å². The summed E-state index contributed by atoms with van der Waals surface area (Å²) < 4.78 is 14.3. The zero-order valence-electron chi connectivity index (χ0n) is 16.5. The molecule has 2 aromatic heterocycles. The Labute approximate surface area is 178 Å². The lowest BCUT2D eigenvalue weighted by molar-refractivity contribution is 0.0925. The molecule has 0 bridgehead atoms. The SMILES string of the molecule is C=C(C)c1cnc(-c2cc(Cl)ccc2F)cc1Nc1n[nH]cc1C(=O)NCC(C)O. The van der Waals surface area contributed by atoms with Gasteiger partial charge in [-0.1, -0.05) is 18.2 Å². The third kappa shape index (κ3) is 4.84. The zero-order chi connectivity index (χ0) is 21.8. The fourth-order valence-corrected chi connectivity index (χ4v) is 2.93. The Hall–Kier alpha value is -3.23. The Bertz CT molecular complexity index is 1100. The number of H-pyrrole nitrogens is 1. The fourth-order valence-electron chi connectivity index (χ4n) is 2.76. The van der Waals surface area contributed by atoms with Gasteiger partial charge in [0.2, 0.25) is 0 Å². The summed E-state index contributed by atoms with van der Waals surface area (Å²) in [5.41, 5.74) is 2.81. The zero-order valence-corrected chi connectivity index (χ0v) is 17.2. The van der Waals surface area contributed by atoms with Crippen molar-refractivity contribution in [1.82, 2.24) is 20.5 Å². The minimum atomic E-state index is -0.678. The number of nitrogens with one attached hydrogen (secondary N) is 3. The number of hydrogen-bond acceptors (Lipinski definition) is 5. The van der Waals surface area contributed by atoms with Gasteiger partial charge in [0.25, 0.3) is 5.91 Å². The van der Waals surface area contributed by atoms with E-state index in [0.29, 0.717) is 22.0 Å². The first-order valence-corrected chi connectivity index (χ1v) is 9.52. The Kier molecular flexibility index (Phi) is 6.49. The quantitative estimate of drug-likeness (QED) is 0.451. The van der Waals surface area contributed by atoms with Crippen LogP contribution >= 0.6 is 11.6 Å². The number of amides is 1. The number of carbonyl (C=O) groups is 1. The minimum Gasteiger partial charge on any atom is -0.392 e. The number of carbonyl (C=O) groups excluding carboxylic acids is 1. The van der Waals surface area contributed by atoms with Crippen LogP contribution < -0.4 is 10.6 Å². The first-order valence-electron chi connectivity index (χ1n) is 9.14. The number of halogens is 2. The summed E-state index contributed by atoms with van der Waals surface area (Å²) in [5.74, 6) is -0.595. The average Bonchev–Trinajstić information content (AvgIpc) is 3.16. The molecule has 1 amide bonds. The van der Waals surface area contributed by atoms with Crippen molar-refractivity contribution in [2.24, 2.45) is 0 Å². The normalized spacial score (nSPS) is 11.8. The number of hydrogen-bond donors (Lipinski definition) is 4. The second kappa shape index (κ2) is 9.06. The summed E-state index contributed by atoms with van der Waals surface area (Å²) in [4.78, 5) is 16.7. The molecule has 3 rings (SSSR count). The van der Waals surface area contributed by atoms with Gasteiger partial charge in [-0.3, -0.25) is 14.9 Å². The fraction of sp³-hybridized carbons (Fsp3) is 0.190. The van der Waals surface area contributed by atoms with E-state index < -0.39 is 17.8 Å². The minimum absolute atomic E-state index is 0.105. The van der Waals surface area contributed by atoms with Crippen LogP contribution in [0.25, 0.3) is 16.8 Å². The van der Waals surface area contributed by atoms with Crippen LogP contribution in [-0.4, -0.2) is 38.8 Å². The number of rotatable bonds is 7. The maximum absolute atomic E-state index is 14.3. The maximum Gasteiger partial charge on any atom is 0.256 e. The predicted molar refractivity (Wildman–Crippen MR) is 115 cm³/mol. The van der Waals surface area contributed by atoms with Crippen molar-refractivity contribution in [3.05, 3.63) is 65.2 Å². The predicted octanol–water partition coefficient (Wildman–Crippen LogP) is 4.15. The van der Waals surface area contributed by atoms with Gasteiger partial charge >= 0.3 is 0 Å². The molecule has 0 saturated carbocycles. The second-order valence-electron chi connectivity index (χ2n) is 6.85. The molecule has 0 aliphatic heterocycles. The van der Waals surface area contributed by atoms with E-state index in [1.165, 1.54) is 24.4 Å². The van der Waals surface area contributed by atoms with Crippen molar-refractivity contribution in [2.75, 3.05) is 11.9 Å². The molecule has 0 spiro atoms. The number of aliphatic hydroxyl groups excluding tert-OH is 1. The van der Waals surface area contributed by atoms with Crippen LogP contribution in [0.1, 0.15) is 29.8 Å². The van der Waals surface area contributed by atoms with E-state index in [0.717, 1.165) is 5.57 Å². The number of aromatic nitrogens is 3. The molecule has 2 heterocycles. The van der Waals surface area contributed by atoms with Gasteiger partial charge in [-0.05, 0) is 43.7 Å². The number of allylic oxidation sites excluding steroid dienone is 1. The molecule has 7 nitrogen and oxygen atoms in total. The summed E-state index contributed by atoms with van der Waals surface area (Å²) in [6.07, 6.45) is 2.33. The lowest BCUT2D eigenvalue weighted by Gasteiger charge is -2.14. The molecule has 1 unspecified atom stereocenters. The molecule has 3 aromatic rings. The highest BCUT2D eigenvalue weighted by molar-refractivity contribution is 6.30. The van der Waals surface area contributed by atoms with E-state index in [1.54, 1.807) is 19.2 Å². The van der Waals surface area contributed by atoms with Crippen LogP contribution in [0.5, 0.6) is 0 Å². The number of anilines is 2. The number of benzene rings is 1. The monoisotopic (exact) mass is 429 g/mol. The lowest BCUT2D eigenvalue weighted by Crippen LogP contribution is -2.30. The number of nitrogens with zero attached hydrogens (tertiary/aromatic N) is 2. The first-order chi connectivity index (χ1) is 14.3. The smallest absolute Gasteiger partial charge is 0.256 e. The largest absolute Gasteiger partial charge is 0.392 e. The van der Waals surface area contributed by atoms with Crippen molar-refractivity contribution in [2.45, 2.75) is 20.0 Å². The van der Waals surface area contributed by atoms with Crippen LogP contribution in [0, 0.1) is 5.82 Å². The Morgan fingerprint density at radius 1 is 1.37 bits per heavy atom. The summed E-state index contributed by atoms with van der Waals surface area (Å²) in [6.45, 7) is 7.43. The molecule has 0 radical (unpaired) electrons. The van der Waals surface area contributed by atoms with Crippen LogP contribution in [-0.2, 0) is 0 Å². The Morgan fingerprint density at radius 3 is 2.83 bits per heavy atom. The van der Waals surface area contributed by atoms with Gasteiger partial charge in [0.15, 0.2) is 5.82 Å². The Balaban J connectivity index is 1.98. The third-order valence-electron chi connectivity index (χ3n) is 4.26. The molecule has 9 heteroatoms. The van der Waals surface area contributed by atoms with Crippen molar-refractivity contribution >= 4 is 34.6 Å². The van der Waals surface area contributed by atoms with Gasteiger partial charge in [-0.25, -0.2) is 4.39 Å². The molecular weight excluding hydrogens is 409 g/mol. The molecule has 1 atom stereocenters. The molecule has 0 fully saturated rings. The summed E-state index contributed by atoms with van der Waals surface area (Å²) >= 11 is 6.01. The number of pyridine rings is 1. The third-order valence-corrected chi connectivity index (χ3v) is 4.50. The highest BCUT2D eigenvalue weighted by Gasteiger charge is 2.17. The Morgan fingerprint density at radius 2 is 2.13 bits per heavy atom. The first kappa shape index (κ1) is 21.5. The highest BCUT2D eigenvalue weighted by Crippen LogP contribution is 2.32. The molecule has 30 heavy (non-hydrogen) atoms. The standard InChI is InChI=1S/C21H21ClFN5O2/c1-11(2)15-9-24-18(14-6-13(22)4-5-17(14)23)7-19(15)27-20-16(10-26-28-20)21(30)25-8-12(3)29/h4-7,9-10,12,29H,1,8H2,2-3H3,(H,25,30)(H2,24,26,27,28). The lowest BCUT2D eigenvalue weighted by atomic mass is 10.0. The van der Waals surface area contributed by atoms with E-state index in [-0.39, 0.29) is 23.5 Å². The summed E-state index contributed by atoms with van der Waals surface area (Å²) in [7, 11) is 0. The maximum atomic E-state index is 14.3. The molecule has 0 aliphatic rings. The van der Waals surface area contributed by atoms with Crippen molar-refractivity contribution in [3.63, 3.8) is 0 Å².